The number of ether oxygens (including phenoxy) is 1. The summed E-state index contributed by atoms with van der Waals surface area (Å²) in [7, 11) is 0. The number of amides is 2. The van der Waals surface area contributed by atoms with Crippen molar-refractivity contribution in [2.24, 2.45) is 0 Å². The zero-order valence-corrected chi connectivity index (χ0v) is 9.48. The molecule has 0 fully saturated rings. The summed E-state index contributed by atoms with van der Waals surface area (Å²) in [5, 5.41) is 2.42. The van der Waals surface area contributed by atoms with Crippen molar-refractivity contribution in [3.8, 4) is 0 Å². The molecule has 0 saturated carbocycles. The summed E-state index contributed by atoms with van der Waals surface area (Å²) in [6, 6.07) is -0.433. The largest absolute Gasteiger partial charge is 0.460 e. The number of nitrogens with one attached hydrogen (secondary N) is 2. The van der Waals surface area contributed by atoms with Crippen LogP contribution in [0.1, 0.15) is 27.2 Å². The molecule has 0 atom stereocenters. The fraction of sp³-hybridized carbons (Fsp3) is 0.750. The van der Waals surface area contributed by atoms with E-state index in [0.29, 0.717) is 0 Å². The van der Waals surface area contributed by atoms with Crippen LogP contribution in [0, 0.1) is 0 Å². The SMILES string of the molecule is CC(C)(C)OC(=O)CCNC(=O)NS. The van der Waals surface area contributed by atoms with Gasteiger partial charge in [0, 0.05) is 6.54 Å². The van der Waals surface area contributed by atoms with Gasteiger partial charge in [0.2, 0.25) is 0 Å². The molecule has 2 amide bonds. The van der Waals surface area contributed by atoms with Crippen molar-refractivity contribution >= 4 is 24.8 Å². The van der Waals surface area contributed by atoms with Gasteiger partial charge in [-0.25, -0.2) is 4.79 Å². The highest BCUT2D eigenvalue weighted by Gasteiger charge is 2.15. The molecule has 5 nitrogen and oxygen atoms in total. The smallest absolute Gasteiger partial charge is 0.324 e. The predicted molar refractivity (Wildman–Crippen MR) is 56.0 cm³/mol. The first kappa shape index (κ1) is 13.1. The molecule has 14 heavy (non-hydrogen) atoms. The Kier molecular flexibility index (Phi) is 5.37. The van der Waals surface area contributed by atoms with Gasteiger partial charge in [0.05, 0.1) is 6.42 Å². The summed E-state index contributed by atoms with van der Waals surface area (Å²) in [4.78, 5) is 21.7. The van der Waals surface area contributed by atoms with Gasteiger partial charge in [0.15, 0.2) is 0 Å². The van der Waals surface area contributed by atoms with E-state index < -0.39 is 11.6 Å². The fourth-order valence-corrected chi connectivity index (χ4v) is 0.789. The highest BCUT2D eigenvalue weighted by atomic mass is 32.1. The minimum absolute atomic E-state index is 0.151. The fourth-order valence-electron chi connectivity index (χ4n) is 0.710. The van der Waals surface area contributed by atoms with Crippen LogP contribution in [-0.4, -0.2) is 24.1 Å². The number of hydrogen-bond acceptors (Lipinski definition) is 4. The van der Waals surface area contributed by atoms with E-state index in [1.54, 1.807) is 20.8 Å². The van der Waals surface area contributed by atoms with E-state index in [-0.39, 0.29) is 18.9 Å². The molecule has 0 saturated heterocycles. The van der Waals surface area contributed by atoms with Crippen LogP contribution in [0.2, 0.25) is 0 Å². The van der Waals surface area contributed by atoms with Crippen LogP contribution in [0.3, 0.4) is 0 Å². The highest BCUT2D eigenvalue weighted by molar-refractivity contribution is 7.78. The van der Waals surface area contributed by atoms with Crippen LogP contribution in [0.25, 0.3) is 0 Å². The topological polar surface area (TPSA) is 67.4 Å². The quantitative estimate of drug-likeness (QED) is 0.488. The Morgan fingerprint density at radius 3 is 2.36 bits per heavy atom. The average Bonchev–Trinajstić information content (AvgIpc) is 2.00. The van der Waals surface area contributed by atoms with Crippen molar-refractivity contribution in [3.63, 3.8) is 0 Å². The molecule has 6 heteroatoms. The van der Waals surface area contributed by atoms with E-state index in [0.717, 1.165) is 0 Å². The number of carbonyl (C=O) groups excluding carboxylic acids is 2. The Bertz CT molecular complexity index is 213. The van der Waals surface area contributed by atoms with Crippen molar-refractivity contribution in [2.75, 3.05) is 6.54 Å². The number of carbonyl (C=O) groups is 2. The van der Waals surface area contributed by atoms with E-state index in [1.165, 1.54) is 0 Å². The van der Waals surface area contributed by atoms with Crippen molar-refractivity contribution in [3.05, 3.63) is 0 Å². The molecule has 0 aromatic carbocycles. The zero-order chi connectivity index (χ0) is 11.2. The van der Waals surface area contributed by atoms with Crippen LogP contribution >= 0.6 is 12.8 Å². The number of rotatable bonds is 3. The molecule has 0 bridgehead atoms. The first-order valence-corrected chi connectivity index (χ1v) is 4.69. The van der Waals surface area contributed by atoms with Gasteiger partial charge in [-0.05, 0) is 20.8 Å². The van der Waals surface area contributed by atoms with Crippen molar-refractivity contribution in [1.29, 1.82) is 0 Å². The summed E-state index contributed by atoms with van der Waals surface area (Å²) >= 11 is 3.53. The Hall–Kier alpha value is -0.910. The second-order valence-electron chi connectivity index (χ2n) is 3.70. The average molecular weight is 220 g/mol. The van der Waals surface area contributed by atoms with E-state index >= 15 is 0 Å². The number of esters is 1. The van der Waals surface area contributed by atoms with Gasteiger partial charge in [-0.3, -0.25) is 9.52 Å². The molecule has 2 N–H and O–H groups in total. The molecule has 0 aliphatic heterocycles. The minimum atomic E-state index is -0.483. The van der Waals surface area contributed by atoms with E-state index in [4.69, 9.17) is 4.74 Å². The summed E-state index contributed by atoms with van der Waals surface area (Å²) in [6.45, 7) is 5.61. The number of urea groups is 1. The van der Waals surface area contributed by atoms with E-state index in [2.05, 4.69) is 22.9 Å². The normalized spacial score (nSPS) is 10.6. The van der Waals surface area contributed by atoms with Crippen LogP contribution < -0.4 is 10.0 Å². The molecule has 0 aliphatic carbocycles. The third kappa shape index (κ3) is 7.72. The molecule has 82 valence electrons. The molecule has 0 unspecified atom stereocenters. The third-order valence-electron chi connectivity index (χ3n) is 1.14. The molecule has 0 heterocycles. The van der Waals surface area contributed by atoms with Crippen LogP contribution in [0.5, 0.6) is 0 Å². The van der Waals surface area contributed by atoms with Gasteiger partial charge in [-0.2, -0.15) is 0 Å². The molecule has 0 aromatic rings. The maximum atomic E-state index is 11.1. The van der Waals surface area contributed by atoms with Crippen LogP contribution in [-0.2, 0) is 9.53 Å². The summed E-state index contributed by atoms with van der Waals surface area (Å²) < 4.78 is 7.10. The lowest BCUT2D eigenvalue weighted by atomic mass is 10.2. The standard InChI is InChI=1S/C8H16N2O3S/c1-8(2,3)13-6(11)4-5-9-7(12)10-14/h14H,4-5H2,1-3H3,(H2,9,10,12). The summed E-state index contributed by atoms with van der Waals surface area (Å²) in [6.07, 6.45) is 0.151. The number of hydrogen-bond donors (Lipinski definition) is 3. The molecule has 0 aromatic heterocycles. The lowest BCUT2D eigenvalue weighted by Gasteiger charge is -2.19. The molecular formula is C8H16N2O3S. The molecule has 0 spiro atoms. The Labute approximate surface area is 89.1 Å². The monoisotopic (exact) mass is 220 g/mol. The predicted octanol–water partition coefficient (Wildman–Crippen LogP) is 0.862. The van der Waals surface area contributed by atoms with Crippen molar-refractivity contribution in [1.82, 2.24) is 10.0 Å². The van der Waals surface area contributed by atoms with Gasteiger partial charge in [-0.15, -0.1) is 0 Å². The summed E-state index contributed by atoms with van der Waals surface area (Å²) in [5.41, 5.74) is -0.483. The lowest BCUT2D eigenvalue weighted by molar-refractivity contribution is -0.154. The van der Waals surface area contributed by atoms with Crippen LogP contribution in [0.4, 0.5) is 4.79 Å². The van der Waals surface area contributed by atoms with Gasteiger partial charge in [0.25, 0.3) is 0 Å². The minimum Gasteiger partial charge on any atom is -0.460 e. The maximum absolute atomic E-state index is 11.1. The lowest BCUT2D eigenvalue weighted by Crippen LogP contribution is -2.33. The maximum Gasteiger partial charge on any atom is 0.324 e. The van der Waals surface area contributed by atoms with Gasteiger partial charge >= 0.3 is 12.0 Å². The summed E-state index contributed by atoms with van der Waals surface area (Å²) in [5.74, 6) is -0.336. The Morgan fingerprint density at radius 1 is 1.36 bits per heavy atom. The first-order chi connectivity index (χ1) is 6.35. The van der Waals surface area contributed by atoms with Gasteiger partial charge in [0.1, 0.15) is 5.60 Å². The second-order valence-corrected chi connectivity index (χ2v) is 3.93. The molecule has 0 aliphatic rings. The molecule has 0 rings (SSSR count). The Morgan fingerprint density at radius 2 is 1.93 bits per heavy atom. The zero-order valence-electron chi connectivity index (χ0n) is 8.59. The first-order valence-electron chi connectivity index (χ1n) is 4.25. The van der Waals surface area contributed by atoms with Crippen molar-refractivity contribution < 1.29 is 14.3 Å². The van der Waals surface area contributed by atoms with E-state index in [1.807, 2.05) is 0 Å². The van der Waals surface area contributed by atoms with E-state index in [9.17, 15) is 9.59 Å². The van der Waals surface area contributed by atoms with Gasteiger partial charge < -0.3 is 10.1 Å². The van der Waals surface area contributed by atoms with Crippen molar-refractivity contribution in [2.45, 2.75) is 32.8 Å². The Balaban J connectivity index is 3.60. The third-order valence-corrected chi connectivity index (χ3v) is 1.34. The second kappa shape index (κ2) is 5.74. The molecular weight excluding hydrogens is 204 g/mol. The molecule has 0 radical (unpaired) electrons. The van der Waals surface area contributed by atoms with Gasteiger partial charge in [-0.1, -0.05) is 12.8 Å². The van der Waals surface area contributed by atoms with Crippen LogP contribution in [0.15, 0.2) is 0 Å². The highest BCUT2D eigenvalue weighted by Crippen LogP contribution is 2.07. The number of thiol groups is 1.